The van der Waals surface area contributed by atoms with E-state index in [-0.39, 0.29) is 32.0 Å². The van der Waals surface area contributed by atoms with Crippen LogP contribution in [0.5, 0.6) is 0 Å². The van der Waals surface area contributed by atoms with E-state index in [0.717, 1.165) is 15.6 Å². The van der Waals surface area contributed by atoms with Crippen molar-refractivity contribution in [2.75, 3.05) is 18.5 Å². The van der Waals surface area contributed by atoms with Crippen LogP contribution in [0.2, 0.25) is 0 Å². The van der Waals surface area contributed by atoms with Crippen LogP contribution in [0, 0.1) is 5.41 Å². The molecule has 0 bridgehead atoms. The zero-order valence-electron chi connectivity index (χ0n) is 16.9. The van der Waals surface area contributed by atoms with E-state index >= 15 is 0 Å². The van der Waals surface area contributed by atoms with Crippen molar-refractivity contribution in [1.82, 2.24) is 0 Å². The third-order valence-electron chi connectivity index (χ3n) is 5.24. The molecule has 0 aliphatic heterocycles. The SMILES string of the molecule is CCOC(=O)C1(C(=O)OCC)Cc2ccccc2C(C(=O)Nc2ccc(Br)cc2)C1. The van der Waals surface area contributed by atoms with Crippen molar-refractivity contribution in [3.63, 3.8) is 0 Å². The predicted octanol–water partition coefficient (Wildman–Crippen LogP) is 4.23. The van der Waals surface area contributed by atoms with E-state index in [2.05, 4.69) is 21.2 Å². The van der Waals surface area contributed by atoms with Gasteiger partial charge in [-0.2, -0.15) is 0 Å². The van der Waals surface area contributed by atoms with Crippen LogP contribution in [-0.4, -0.2) is 31.1 Å². The van der Waals surface area contributed by atoms with E-state index in [4.69, 9.17) is 9.47 Å². The Morgan fingerprint density at radius 3 is 2.20 bits per heavy atom. The van der Waals surface area contributed by atoms with Gasteiger partial charge in [-0.3, -0.25) is 14.4 Å². The predicted molar refractivity (Wildman–Crippen MR) is 116 cm³/mol. The van der Waals surface area contributed by atoms with Gasteiger partial charge in [-0.25, -0.2) is 0 Å². The second kappa shape index (κ2) is 9.43. The molecule has 0 saturated carbocycles. The molecule has 2 aromatic rings. The topological polar surface area (TPSA) is 81.7 Å². The zero-order chi connectivity index (χ0) is 21.7. The number of nitrogens with one attached hydrogen (secondary N) is 1. The summed E-state index contributed by atoms with van der Waals surface area (Å²) < 4.78 is 11.4. The minimum atomic E-state index is -1.55. The smallest absolute Gasteiger partial charge is 0.323 e. The molecule has 3 rings (SSSR count). The van der Waals surface area contributed by atoms with Gasteiger partial charge in [-0.1, -0.05) is 40.2 Å². The van der Waals surface area contributed by atoms with Crippen molar-refractivity contribution < 1.29 is 23.9 Å². The molecule has 0 saturated heterocycles. The molecule has 0 radical (unpaired) electrons. The lowest BCUT2D eigenvalue weighted by Gasteiger charge is -2.37. The highest BCUT2D eigenvalue weighted by atomic mass is 79.9. The van der Waals surface area contributed by atoms with Gasteiger partial charge in [-0.05, 0) is 62.1 Å². The number of hydrogen-bond acceptors (Lipinski definition) is 5. The molecule has 158 valence electrons. The number of halogens is 1. The largest absolute Gasteiger partial charge is 0.465 e. The standard InChI is InChI=1S/C23H24BrNO5/c1-3-29-21(27)23(22(28)30-4-2)13-15-7-5-6-8-18(15)19(14-23)20(26)25-17-11-9-16(24)10-12-17/h5-12,19H,3-4,13-14H2,1-2H3,(H,25,26). The molecule has 6 nitrogen and oxygen atoms in total. The van der Waals surface area contributed by atoms with Gasteiger partial charge in [0, 0.05) is 10.2 Å². The number of hydrogen-bond donors (Lipinski definition) is 1. The lowest BCUT2D eigenvalue weighted by atomic mass is 9.66. The summed E-state index contributed by atoms with van der Waals surface area (Å²) >= 11 is 3.37. The van der Waals surface area contributed by atoms with Crippen molar-refractivity contribution in [3.05, 3.63) is 64.1 Å². The van der Waals surface area contributed by atoms with Gasteiger partial charge in [0.15, 0.2) is 5.41 Å². The molecule has 1 atom stereocenters. The molecule has 30 heavy (non-hydrogen) atoms. The van der Waals surface area contributed by atoms with Gasteiger partial charge in [0.25, 0.3) is 0 Å². The molecule has 1 aliphatic carbocycles. The van der Waals surface area contributed by atoms with Crippen LogP contribution < -0.4 is 5.32 Å². The summed E-state index contributed by atoms with van der Waals surface area (Å²) in [7, 11) is 0. The van der Waals surface area contributed by atoms with Gasteiger partial charge < -0.3 is 14.8 Å². The summed E-state index contributed by atoms with van der Waals surface area (Å²) in [6.07, 6.45) is 0.132. The maximum absolute atomic E-state index is 13.2. The van der Waals surface area contributed by atoms with Crippen LogP contribution >= 0.6 is 15.9 Å². The molecule has 1 aliphatic rings. The molecule has 1 N–H and O–H groups in total. The summed E-state index contributed by atoms with van der Waals surface area (Å²) in [6, 6.07) is 14.6. The van der Waals surface area contributed by atoms with Crippen molar-refractivity contribution in [1.29, 1.82) is 0 Å². The summed E-state index contributed by atoms with van der Waals surface area (Å²) in [5, 5.41) is 2.90. The van der Waals surface area contributed by atoms with Crippen LogP contribution in [0.4, 0.5) is 5.69 Å². The Hall–Kier alpha value is -2.67. The Kier molecular flexibility index (Phi) is 6.92. The summed E-state index contributed by atoms with van der Waals surface area (Å²) in [5.74, 6) is -2.30. The number of ether oxygens (including phenoxy) is 2. The van der Waals surface area contributed by atoms with Crippen molar-refractivity contribution in [2.45, 2.75) is 32.6 Å². The first kappa shape index (κ1) is 22.0. The summed E-state index contributed by atoms with van der Waals surface area (Å²) in [4.78, 5) is 39.1. The number of anilines is 1. The van der Waals surface area contributed by atoms with Crippen LogP contribution in [0.15, 0.2) is 53.0 Å². The normalized spacial score (nSPS) is 16.8. The molecule has 7 heteroatoms. The minimum Gasteiger partial charge on any atom is -0.465 e. The fourth-order valence-electron chi connectivity index (χ4n) is 3.82. The lowest BCUT2D eigenvalue weighted by Crippen LogP contribution is -2.48. The van der Waals surface area contributed by atoms with E-state index in [1.54, 1.807) is 26.0 Å². The number of esters is 2. The number of carbonyl (C=O) groups is 3. The third-order valence-corrected chi connectivity index (χ3v) is 5.76. The Labute approximate surface area is 184 Å². The van der Waals surface area contributed by atoms with Crippen molar-refractivity contribution >= 4 is 39.5 Å². The van der Waals surface area contributed by atoms with E-state index in [1.807, 2.05) is 36.4 Å². The van der Waals surface area contributed by atoms with Crippen molar-refractivity contribution in [2.24, 2.45) is 5.41 Å². The maximum atomic E-state index is 13.2. The number of carbonyl (C=O) groups excluding carboxylic acids is 3. The summed E-state index contributed by atoms with van der Waals surface area (Å²) in [6.45, 7) is 3.64. The Bertz CT molecular complexity index is 923. The fraction of sp³-hybridized carbons (Fsp3) is 0.348. The Morgan fingerprint density at radius 2 is 1.60 bits per heavy atom. The molecule has 2 aromatic carbocycles. The third kappa shape index (κ3) is 4.41. The van der Waals surface area contributed by atoms with Crippen LogP contribution in [0.3, 0.4) is 0 Å². The van der Waals surface area contributed by atoms with Gasteiger partial charge in [0.2, 0.25) is 5.91 Å². The van der Waals surface area contributed by atoms with Gasteiger partial charge in [0.1, 0.15) is 0 Å². The molecular weight excluding hydrogens is 450 g/mol. The highest BCUT2D eigenvalue weighted by Crippen LogP contribution is 2.45. The molecule has 1 amide bonds. The number of fused-ring (bicyclic) bond motifs is 1. The van der Waals surface area contributed by atoms with Crippen LogP contribution in [-0.2, 0) is 30.3 Å². The van der Waals surface area contributed by atoms with E-state index in [9.17, 15) is 14.4 Å². The number of amides is 1. The van der Waals surface area contributed by atoms with Crippen LogP contribution in [0.25, 0.3) is 0 Å². The molecule has 0 aromatic heterocycles. The lowest BCUT2D eigenvalue weighted by molar-refractivity contribution is -0.173. The highest BCUT2D eigenvalue weighted by molar-refractivity contribution is 9.10. The highest BCUT2D eigenvalue weighted by Gasteiger charge is 2.54. The summed E-state index contributed by atoms with van der Waals surface area (Å²) in [5.41, 5.74) is 0.642. The number of benzene rings is 2. The molecule has 0 fully saturated rings. The molecule has 0 spiro atoms. The fourth-order valence-corrected chi connectivity index (χ4v) is 4.08. The van der Waals surface area contributed by atoms with Gasteiger partial charge >= 0.3 is 11.9 Å². The maximum Gasteiger partial charge on any atom is 0.323 e. The zero-order valence-corrected chi connectivity index (χ0v) is 18.5. The van der Waals surface area contributed by atoms with E-state index in [1.165, 1.54) is 0 Å². The molecular formula is C23H24BrNO5. The first-order valence-electron chi connectivity index (χ1n) is 9.90. The Morgan fingerprint density at radius 1 is 1.00 bits per heavy atom. The second-order valence-electron chi connectivity index (χ2n) is 7.15. The van der Waals surface area contributed by atoms with E-state index in [0.29, 0.717) is 5.69 Å². The second-order valence-corrected chi connectivity index (χ2v) is 8.07. The minimum absolute atomic E-state index is 0.00988. The van der Waals surface area contributed by atoms with Crippen molar-refractivity contribution in [3.8, 4) is 0 Å². The monoisotopic (exact) mass is 473 g/mol. The van der Waals surface area contributed by atoms with Crippen LogP contribution in [0.1, 0.15) is 37.3 Å². The van der Waals surface area contributed by atoms with E-state index < -0.39 is 23.3 Å². The van der Waals surface area contributed by atoms with Gasteiger partial charge in [0.05, 0.1) is 19.1 Å². The first-order chi connectivity index (χ1) is 14.4. The molecule has 1 unspecified atom stereocenters. The average molecular weight is 474 g/mol. The Balaban J connectivity index is 2.00. The first-order valence-corrected chi connectivity index (χ1v) is 10.7. The molecule has 0 heterocycles. The average Bonchev–Trinajstić information content (AvgIpc) is 2.74. The quantitative estimate of drug-likeness (QED) is 0.501. The number of rotatable bonds is 6. The van der Waals surface area contributed by atoms with Gasteiger partial charge in [-0.15, -0.1) is 0 Å².